The first-order valence-electron chi connectivity index (χ1n) is 11.9. The number of Topliss-reactive ketones (excluding diaryl/α,β-unsaturated/α-hetero) is 1. The number of hydrogen-bond donors (Lipinski definition) is 1. The van der Waals surface area contributed by atoms with E-state index in [9.17, 15) is 14.9 Å². The van der Waals surface area contributed by atoms with Gasteiger partial charge in [0.25, 0.3) is 0 Å². The molecule has 6 nitrogen and oxygen atoms in total. The van der Waals surface area contributed by atoms with Gasteiger partial charge >= 0.3 is 0 Å². The largest absolute Gasteiger partial charge is 0.368 e. The second kappa shape index (κ2) is 7.82. The molecule has 2 heterocycles. The van der Waals surface area contributed by atoms with Gasteiger partial charge in [-0.1, -0.05) is 19.9 Å². The maximum Gasteiger partial charge on any atom is 0.195 e. The molecule has 1 N–H and O–H groups in total. The van der Waals surface area contributed by atoms with E-state index in [4.69, 9.17) is 0 Å². The monoisotopic (exact) mass is 454 g/mol. The fraction of sp³-hybridized carbons (Fsp3) is 0.393. The number of piperazine rings is 1. The van der Waals surface area contributed by atoms with E-state index in [1.807, 2.05) is 12.1 Å². The van der Waals surface area contributed by atoms with Crippen molar-refractivity contribution in [2.45, 2.75) is 46.1 Å². The van der Waals surface area contributed by atoms with Crippen LogP contribution in [0.3, 0.4) is 0 Å². The van der Waals surface area contributed by atoms with Crippen LogP contribution in [0.25, 0.3) is 10.9 Å². The molecule has 0 bridgehead atoms. The molecular weight excluding hydrogens is 424 g/mol. The van der Waals surface area contributed by atoms with Crippen molar-refractivity contribution in [1.29, 1.82) is 5.26 Å². The van der Waals surface area contributed by atoms with E-state index in [1.54, 1.807) is 19.1 Å². The Hall–Kier alpha value is -3.43. The molecule has 1 aliphatic carbocycles. The van der Waals surface area contributed by atoms with Gasteiger partial charge in [-0.05, 0) is 50.6 Å². The number of nitrogens with one attached hydrogen (secondary N) is 1. The summed E-state index contributed by atoms with van der Waals surface area (Å²) in [6.07, 6.45) is 0. The Balaban J connectivity index is 1.66. The number of anilines is 1. The van der Waals surface area contributed by atoms with Crippen molar-refractivity contribution in [2.75, 3.05) is 31.1 Å². The van der Waals surface area contributed by atoms with Gasteiger partial charge in [0.05, 0.1) is 17.2 Å². The minimum absolute atomic E-state index is 0.0296. The number of ketones is 2. The zero-order valence-electron chi connectivity index (χ0n) is 20.5. The number of fused-ring (bicyclic) bond motifs is 4. The number of H-pyrrole nitrogens is 1. The molecule has 6 heteroatoms. The molecule has 2 aliphatic rings. The lowest BCUT2D eigenvalue weighted by Crippen LogP contribution is -2.49. The topological polar surface area (TPSA) is 80.2 Å². The molecule has 1 aliphatic heterocycles. The van der Waals surface area contributed by atoms with Crippen LogP contribution in [0.15, 0.2) is 30.3 Å². The Kier molecular flexibility index (Phi) is 5.14. The first-order chi connectivity index (χ1) is 16.1. The second-order valence-corrected chi connectivity index (χ2v) is 10.3. The van der Waals surface area contributed by atoms with Crippen molar-refractivity contribution in [3.05, 3.63) is 63.8 Å². The van der Waals surface area contributed by atoms with Crippen molar-refractivity contribution in [3.8, 4) is 6.07 Å². The highest BCUT2D eigenvalue weighted by atomic mass is 16.1. The molecule has 5 rings (SSSR count). The predicted molar refractivity (Wildman–Crippen MR) is 134 cm³/mol. The van der Waals surface area contributed by atoms with E-state index in [2.05, 4.69) is 54.6 Å². The number of aromatic amines is 1. The fourth-order valence-corrected chi connectivity index (χ4v) is 5.56. The fourth-order valence-electron chi connectivity index (χ4n) is 5.56. The van der Waals surface area contributed by atoms with Crippen LogP contribution in [0.5, 0.6) is 0 Å². The minimum atomic E-state index is -0.464. The summed E-state index contributed by atoms with van der Waals surface area (Å²) in [7, 11) is 0. The van der Waals surface area contributed by atoms with E-state index in [0.717, 1.165) is 54.0 Å². The standard InChI is InChI=1S/C28H30N4O2/c1-16(2)31-8-10-32(11-9-31)24-14-22-21(13-20(24)17(3)33)26(34)25-19-7-6-18(15-29)12-23(19)30-27(25)28(22,4)5/h6-7,12-14,16,30H,8-11H2,1-5H3. The Labute approximate surface area is 200 Å². The summed E-state index contributed by atoms with van der Waals surface area (Å²) >= 11 is 0. The van der Waals surface area contributed by atoms with Gasteiger partial charge in [0.1, 0.15) is 0 Å². The van der Waals surface area contributed by atoms with Crippen LogP contribution in [0.4, 0.5) is 5.69 Å². The number of carbonyl (C=O) groups excluding carboxylic acids is 2. The van der Waals surface area contributed by atoms with Crippen molar-refractivity contribution in [1.82, 2.24) is 9.88 Å². The third-order valence-electron chi connectivity index (χ3n) is 7.60. The summed E-state index contributed by atoms with van der Waals surface area (Å²) < 4.78 is 0. The second-order valence-electron chi connectivity index (χ2n) is 10.3. The lowest BCUT2D eigenvalue weighted by molar-refractivity contribution is 0.101. The van der Waals surface area contributed by atoms with Crippen LogP contribution >= 0.6 is 0 Å². The minimum Gasteiger partial charge on any atom is -0.368 e. The van der Waals surface area contributed by atoms with E-state index in [1.165, 1.54) is 0 Å². The van der Waals surface area contributed by atoms with Crippen LogP contribution in [0, 0.1) is 11.3 Å². The van der Waals surface area contributed by atoms with E-state index >= 15 is 0 Å². The number of rotatable bonds is 3. The predicted octanol–water partition coefficient (Wildman–Crippen LogP) is 4.64. The number of carbonyl (C=O) groups is 2. The van der Waals surface area contributed by atoms with Gasteiger partial charge < -0.3 is 9.88 Å². The number of nitriles is 1. The first kappa shape index (κ1) is 22.4. The average molecular weight is 455 g/mol. The summed E-state index contributed by atoms with van der Waals surface area (Å²) in [6.45, 7) is 13.8. The van der Waals surface area contributed by atoms with Crippen molar-refractivity contribution in [3.63, 3.8) is 0 Å². The smallest absolute Gasteiger partial charge is 0.195 e. The van der Waals surface area contributed by atoms with Gasteiger partial charge in [0.15, 0.2) is 11.6 Å². The Bertz CT molecular complexity index is 1380. The SMILES string of the molecule is CC(=O)c1cc2c(cc1N1CCN(C(C)C)CC1)C(C)(C)c1[nH]c3cc(C#N)ccc3c1C2=O. The van der Waals surface area contributed by atoms with Crippen molar-refractivity contribution in [2.24, 2.45) is 0 Å². The third-order valence-corrected chi connectivity index (χ3v) is 7.60. The molecule has 174 valence electrons. The molecule has 0 saturated carbocycles. The zero-order chi connectivity index (χ0) is 24.4. The maximum atomic E-state index is 13.8. The Morgan fingerprint density at radius 3 is 2.44 bits per heavy atom. The normalized spacial score (nSPS) is 17.6. The van der Waals surface area contributed by atoms with E-state index in [0.29, 0.717) is 28.3 Å². The summed E-state index contributed by atoms with van der Waals surface area (Å²) in [5.41, 5.74) is 5.43. The van der Waals surface area contributed by atoms with Gasteiger partial charge in [0, 0.05) is 71.0 Å². The highest BCUT2D eigenvalue weighted by Crippen LogP contribution is 2.45. The van der Waals surface area contributed by atoms with Crippen molar-refractivity contribution < 1.29 is 9.59 Å². The molecule has 34 heavy (non-hydrogen) atoms. The van der Waals surface area contributed by atoms with Gasteiger partial charge in [-0.3, -0.25) is 14.5 Å². The van der Waals surface area contributed by atoms with Gasteiger partial charge in [-0.25, -0.2) is 0 Å². The number of benzene rings is 2. The summed E-state index contributed by atoms with van der Waals surface area (Å²) in [6, 6.07) is 11.9. The summed E-state index contributed by atoms with van der Waals surface area (Å²) in [5, 5.41) is 10.1. The lowest BCUT2D eigenvalue weighted by atomic mass is 9.70. The Morgan fingerprint density at radius 1 is 1.12 bits per heavy atom. The molecule has 2 aromatic carbocycles. The summed E-state index contributed by atoms with van der Waals surface area (Å²) in [4.78, 5) is 34.7. The van der Waals surface area contributed by atoms with Gasteiger partial charge in [0.2, 0.25) is 0 Å². The van der Waals surface area contributed by atoms with Crippen LogP contribution in [-0.2, 0) is 5.41 Å². The molecular formula is C28H30N4O2. The molecule has 0 unspecified atom stereocenters. The van der Waals surface area contributed by atoms with Crippen LogP contribution in [-0.4, -0.2) is 53.7 Å². The molecule has 1 saturated heterocycles. The third kappa shape index (κ3) is 3.26. The van der Waals surface area contributed by atoms with Gasteiger partial charge in [-0.2, -0.15) is 5.26 Å². The highest BCUT2D eigenvalue weighted by Gasteiger charge is 2.41. The molecule has 3 aromatic rings. The maximum absolute atomic E-state index is 13.8. The van der Waals surface area contributed by atoms with E-state index < -0.39 is 5.41 Å². The van der Waals surface area contributed by atoms with Crippen molar-refractivity contribution >= 4 is 28.2 Å². The Morgan fingerprint density at radius 2 is 1.82 bits per heavy atom. The highest BCUT2D eigenvalue weighted by molar-refractivity contribution is 6.21. The average Bonchev–Trinajstić information content (AvgIpc) is 3.22. The van der Waals surface area contributed by atoms with E-state index in [-0.39, 0.29) is 11.6 Å². The van der Waals surface area contributed by atoms with Crippen LogP contribution in [0.2, 0.25) is 0 Å². The molecule has 1 aromatic heterocycles. The zero-order valence-corrected chi connectivity index (χ0v) is 20.5. The number of hydrogen-bond acceptors (Lipinski definition) is 5. The first-order valence-corrected chi connectivity index (χ1v) is 11.9. The number of aromatic nitrogens is 1. The molecule has 0 amide bonds. The van der Waals surface area contributed by atoms with Crippen LogP contribution < -0.4 is 4.90 Å². The summed E-state index contributed by atoms with van der Waals surface area (Å²) in [5.74, 6) is -0.1000. The quantitative estimate of drug-likeness (QED) is 0.583. The van der Waals surface area contributed by atoms with Gasteiger partial charge in [-0.15, -0.1) is 0 Å². The molecule has 0 spiro atoms. The van der Waals surface area contributed by atoms with Crippen LogP contribution in [0.1, 0.15) is 77.7 Å². The molecule has 0 radical (unpaired) electrons. The number of nitrogens with zero attached hydrogens (tertiary/aromatic N) is 3. The molecule has 0 atom stereocenters. The molecule has 1 fully saturated rings. The lowest BCUT2D eigenvalue weighted by Gasteiger charge is -2.40.